The van der Waals surface area contributed by atoms with Crippen LogP contribution in [0.4, 0.5) is 5.82 Å². The van der Waals surface area contributed by atoms with Gasteiger partial charge in [0.2, 0.25) is 0 Å². The molecule has 0 aromatic carbocycles. The zero-order chi connectivity index (χ0) is 15.0. The van der Waals surface area contributed by atoms with E-state index >= 15 is 0 Å². The summed E-state index contributed by atoms with van der Waals surface area (Å²) in [4.78, 5) is 6.72. The highest BCUT2D eigenvalue weighted by atomic mass is 32.2. The van der Waals surface area contributed by atoms with Gasteiger partial charge in [-0.15, -0.1) is 0 Å². The quantitative estimate of drug-likeness (QED) is 0.907. The third kappa shape index (κ3) is 3.74. The van der Waals surface area contributed by atoms with Crippen LogP contribution in [0.2, 0.25) is 0 Å². The molecule has 1 unspecified atom stereocenters. The molecule has 116 valence electrons. The summed E-state index contributed by atoms with van der Waals surface area (Å²) in [5, 5.41) is 3.51. The Bertz CT molecular complexity index is 626. The van der Waals surface area contributed by atoms with Crippen molar-refractivity contribution in [3.8, 4) is 0 Å². The predicted octanol–water partition coefficient (Wildman–Crippen LogP) is 1.27. The maximum absolute atomic E-state index is 11.7. The largest absolute Gasteiger partial charge is 0.352 e. The van der Waals surface area contributed by atoms with E-state index in [0.717, 1.165) is 18.1 Å². The Morgan fingerprint density at radius 3 is 2.81 bits per heavy atom. The molecule has 6 heteroatoms. The number of rotatable bonds is 4. The Labute approximate surface area is 126 Å². The van der Waals surface area contributed by atoms with Gasteiger partial charge in [-0.2, -0.15) is 0 Å². The smallest absolute Gasteiger partial charge is 0.154 e. The van der Waals surface area contributed by atoms with Crippen molar-refractivity contribution in [2.24, 2.45) is 0 Å². The lowest BCUT2D eigenvalue weighted by atomic mass is 10.2. The van der Waals surface area contributed by atoms with Gasteiger partial charge >= 0.3 is 0 Å². The summed E-state index contributed by atoms with van der Waals surface area (Å²) < 4.78 is 23.4. The van der Waals surface area contributed by atoms with Crippen molar-refractivity contribution in [1.29, 1.82) is 0 Å². The fourth-order valence-electron chi connectivity index (χ4n) is 2.86. The first kappa shape index (κ1) is 14.8. The maximum atomic E-state index is 11.7. The van der Waals surface area contributed by atoms with Gasteiger partial charge in [-0.05, 0) is 44.4 Å². The fourth-order valence-corrected chi connectivity index (χ4v) is 4.42. The van der Waals surface area contributed by atoms with Crippen molar-refractivity contribution in [1.82, 2.24) is 10.3 Å². The third-order valence-electron chi connectivity index (χ3n) is 4.14. The van der Waals surface area contributed by atoms with E-state index in [2.05, 4.69) is 27.3 Å². The highest BCUT2D eigenvalue weighted by Gasteiger charge is 2.29. The van der Waals surface area contributed by atoms with Gasteiger partial charge in [0.1, 0.15) is 5.82 Å². The first-order valence-corrected chi connectivity index (χ1v) is 9.43. The van der Waals surface area contributed by atoms with Crippen molar-refractivity contribution in [2.45, 2.75) is 45.3 Å². The van der Waals surface area contributed by atoms with Gasteiger partial charge in [0.05, 0.1) is 11.5 Å². The summed E-state index contributed by atoms with van der Waals surface area (Å²) in [5.41, 5.74) is 2.21. The minimum absolute atomic E-state index is 0.0118. The van der Waals surface area contributed by atoms with Gasteiger partial charge in [0.15, 0.2) is 9.84 Å². The minimum atomic E-state index is -2.89. The van der Waals surface area contributed by atoms with Gasteiger partial charge in [-0.25, -0.2) is 13.4 Å². The molecule has 2 aliphatic rings. The third-order valence-corrected chi connectivity index (χ3v) is 5.93. The molecule has 1 aromatic rings. The number of sulfone groups is 1. The molecule has 1 N–H and O–H groups in total. The van der Waals surface area contributed by atoms with E-state index in [0.29, 0.717) is 12.6 Å². The van der Waals surface area contributed by atoms with Crippen molar-refractivity contribution in [3.63, 3.8) is 0 Å². The first-order chi connectivity index (χ1) is 9.93. The maximum Gasteiger partial charge on any atom is 0.154 e. The molecule has 1 saturated heterocycles. The zero-order valence-electron chi connectivity index (χ0n) is 12.7. The van der Waals surface area contributed by atoms with E-state index in [1.165, 1.54) is 18.4 Å². The molecular formula is C15H23N3O2S. The van der Waals surface area contributed by atoms with Crippen LogP contribution in [0.15, 0.2) is 12.1 Å². The number of pyridine rings is 1. The Kier molecular flexibility index (Phi) is 3.92. The van der Waals surface area contributed by atoms with E-state index in [9.17, 15) is 8.42 Å². The molecule has 3 rings (SSSR count). The Hall–Kier alpha value is -1.14. The van der Waals surface area contributed by atoms with Gasteiger partial charge in [0.25, 0.3) is 0 Å². The SMILES string of the molecule is Cc1cc(CNC2CC2)cc(N2CCS(=O)(=O)CC2C)n1. The molecule has 1 aromatic heterocycles. The summed E-state index contributed by atoms with van der Waals surface area (Å²) in [6, 6.07) is 4.87. The van der Waals surface area contributed by atoms with Crippen molar-refractivity contribution < 1.29 is 8.42 Å². The fraction of sp³-hybridized carbons (Fsp3) is 0.667. The number of anilines is 1. The monoisotopic (exact) mass is 309 g/mol. The van der Waals surface area contributed by atoms with Crippen LogP contribution in [0.3, 0.4) is 0 Å². The molecule has 1 aliphatic carbocycles. The van der Waals surface area contributed by atoms with Crippen molar-refractivity contribution in [2.75, 3.05) is 23.0 Å². The highest BCUT2D eigenvalue weighted by Crippen LogP contribution is 2.23. The van der Waals surface area contributed by atoms with Gasteiger partial charge < -0.3 is 10.2 Å². The second-order valence-corrected chi connectivity index (χ2v) is 8.52. The van der Waals surface area contributed by atoms with Gasteiger partial charge in [0, 0.05) is 30.9 Å². The van der Waals surface area contributed by atoms with Crippen LogP contribution in [0.1, 0.15) is 31.0 Å². The Morgan fingerprint density at radius 2 is 2.14 bits per heavy atom. The van der Waals surface area contributed by atoms with Gasteiger partial charge in [-0.3, -0.25) is 0 Å². The normalized spacial score (nSPS) is 25.0. The van der Waals surface area contributed by atoms with E-state index < -0.39 is 9.84 Å². The topological polar surface area (TPSA) is 62.3 Å². The molecule has 1 aliphatic heterocycles. The molecule has 0 spiro atoms. The summed E-state index contributed by atoms with van der Waals surface area (Å²) in [7, 11) is -2.89. The average molecular weight is 309 g/mol. The molecule has 0 bridgehead atoms. The summed E-state index contributed by atoms with van der Waals surface area (Å²) in [6.45, 7) is 5.36. The van der Waals surface area contributed by atoms with Crippen LogP contribution in [0.25, 0.3) is 0 Å². The zero-order valence-corrected chi connectivity index (χ0v) is 13.5. The second-order valence-electron chi connectivity index (χ2n) is 6.29. The average Bonchev–Trinajstić information content (AvgIpc) is 3.18. The predicted molar refractivity (Wildman–Crippen MR) is 84.3 cm³/mol. The molecule has 21 heavy (non-hydrogen) atoms. The number of aromatic nitrogens is 1. The molecule has 0 amide bonds. The number of hydrogen-bond donors (Lipinski definition) is 1. The molecule has 1 saturated carbocycles. The number of aryl methyl sites for hydroxylation is 1. The number of nitrogens with zero attached hydrogens (tertiary/aromatic N) is 2. The van der Waals surface area contributed by atoms with Crippen LogP contribution in [0.5, 0.6) is 0 Å². The minimum Gasteiger partial charge on any atom is -0.352 e. The number of hydrogen-bond acceptors (Lipinski definition) is 5. The molecule has 0 radical (unpaired) electrons. The van der Waals surface area contributed by atoms with Crippen LogP contribution in [0, 0.1) is 6.92 Å². The first-order valence-electron chi connectivity index (χ1n) is 7.61. The van der Waals surface area contributed by atoms with Crippen molar-refractivity contribution >= 4 is 15.7 Å². The van der Waals surface area contributed by atoms with Crippen molar-refractivity contribution in [3.05, 3.63) is 23.4 Å². The van der Waals surface area contributed by atoms with Crippen LogP contribution in [-0.4, -0.2) is 43.5 Å². The van der Waals surface area contributed by atoms with Crippen LogP contribution >= 0.6 is 0 Å². The summed E-state index contributed by atoms with van der Waals surface area (Å²) in [6.07, 6.45) is 2.55. The highest BCUT2D eigenvalue weighted by molar-refractivity contribution is 7.91. The van der Waals surface area contributed by atoms with E-state index in [1.54, 1.807) is 0 Å². The Balaban J connectivity index is 1.77. The van der Waals surface area contributed by atoms with Crippen LogP contribution < -0.4 is 10.2 Å². The Morgan fingerprint density at radius 1 is 1.38 bits per heavy atom. The molecule has 5 nitrogen and oxygen atoms in total. The standard InChI is InChI=1S/C15H23N3O2S/c1-11-7-13(9-16-14-3-4-14)8-15(17-11)18-5-6-21(19,20)10-12(18)2/h7-8,12,14,16H,3-6,9-10H2,1-2H3. The van der Waals surface area contributed by atoms with Gasteiger partial charge in [-0.1, -0.05) is 0 Å². The lowest BCUT2D eigenvalue weighted by Gasteiger charge is -2.34. The second kappa shape index (κ2) is 5.57. The van der Waals surface area contributed by atoms with E-state index in [-0.39, 0.29) is 17.5 Å². The van der Waals surface area contributed by atoms with E-state index in [1.807, 2.05) is 13.8 Å². The summed E-state index contributed by atoms with van der Waals surface area (Å²) >= 11 is 0. The lowest BCUT2D eigenvalue weighted by molar-refractivity contribution is 0.566. The van der Waals surface area contributed by atoms with Crippen LogP contribution in [-0.2, 0) is 16.4 Å². The van der Waals surface area contributed by atoms with E-state index in [4.69, 9.17) is 0 Å². The lowest BCUT2D eigenvalue weighted by Crippen LogP contribution is -2.47. The molecular weight excluding hydrogens is 286 g/mol. The number of nitrogens with one attached hydrogen (secondary N) is 1. The molecule has 1 atom stereocenters. The summed E-state index contributed by atoms with van der Waals surface area (Å²) in [5.74, 6) is 1.35. The molecule has 2 fully saturated rings. The molecule has 2 heterocycles.